The summed E-state index contributed by atoms with van der Waals surface area (Å²) in [5.74, 6) is 0.651. The summed E-state index contributed by atoms with van der Waals surface area (Å²) in [4.78, 5) is 10.5. The van der Waals surface area contributed by atoms with Crippen LogP contribution in [-0.2, 0) is 12.8 Å². The maximum absolute atomic E-state index is 10.5. The zero-order valence-corrected chi connectivity index (χ0v) is 14.2. The lowest BCUT2D eigenvalue weighted by Gasteiger charge is -2.05. The second-order valence-electron chi connectivity index (χ2n) is 5.53. The molecular weight excluding hydrogens is 300 g/mol. The van der Waals surface area contributed by atoms with E-state index in [9.17, 15) is 15.0 Å². The second kappa shape index (κ2) is 9.36. The average molecular weight is 324 g/mol. The van der Waals surface area contributed by atoms with Crippen molar-refractivity contribution in [3.8, 4) is 11.5 Å². The minimum Gasteiger partial charge on any atom is -0.507 e. The quantitative estimate of drug-likeness (QED) is 0.620. The Bertz CT molecular complexity index is 730. The Hall–Kier alpha value is -2.81. The van der Waals surface area contributed by atoms with Crippen LogP contribution in [-0.4, -0.2) is 16.5 Å². The number of hydrogen-bond donors (Lipinski definition) is 2. The van der Waals surface area contributed by atoms with Gasteiger partial charge in [-0.15, -0.1) is 13.2 Å². The van der Waals surface area contributed by atoms with Gasteiger partial charge < -0.3 is 10.2 Å². The van der Waals surface area contributed by atoms with Gasteiger partial charge in [-0.25, -0.2) is 0 Å². The molecule has 0 atom stereocenters. The van der Waals surface area contributed by atoms with Crippen LogP contribution in [0.2, 0.25) is 0 Å². The van der Waals surface area contributed by atoms with Crippen molar-refractivity contribution in [2.24, 2.45) is 0 Å². The van der Waals surface area contributed by atoms with Gasteiger partial charge in [-0.05, 0) is 61.1 Å². The molecule has 0 aliphatic rings. The van der Waals surface area contributed by atoms with Gasteiger partial charge in [0.25, 0.3) is 0 Å². The smallest absolute Gasteiger partial charge is 0.150 e. The molecular formula is C21H24O3. The van der Waals surface area contributed by atoms with Crippen LogP contribution in [0.4, 0.5) is 0 Å². The maximum atomic E-state index is 10.5. The number of benzene rings is 2. The first-order valence-corrected chi connectivity index (χ1v) is 7.71. The fourth-order valence-corrected chi connectivity index (χ4v) is 2.30. The standard InChI is InChI=1S/C11H12O2.C10H12O/c1-3-4-10-6-9(7-12)5-8(2)11(10)13;1-3-5-9-7-4-6-8(2)10(9)11/h3,5-7,13H,1,4H2,2H3;3-4,6-7,11H,1,5H2,2H3. The van der Waals surface area contributed by atoms with Crippen molar-refractivity contribution < 1.29 is 15.0 Å². The molecule has 3 heteroatoms. The first-order valence-electron chi connectivity index (χ1n) is 7.71. The van der Waals surface area contributed by atoms with Gasteiger partial charge in [-0.2, -0.15) is 0 Å². The van der Waals surface area contributed by atoms with Crippen molar-refractivity contribution in [1.29, 1.82) is 0 Å². The van der Waals surface area contributed by atoms with Gasteiger partial charge in [0, 0.05) is 5.56 Å². The second-order valence-corrected chi connectivity index (χ2v) is 5.53. The number of phenolic OH excluding ortho intramolecular Hbond substituents is 2. The van der Waals surface area contributed by atoms with Gasteiger partial charge >= 0.3 is 0 Å². The van der Waals surface area contributed by atoms with Crippen LogP contribution >= 0.6 is 0 Å². The molecule has 126 valence electrons. The summed E-state index contributed by atoms with van der Waals surface area (Å²) >= 11 is 0. The molecule has 0 heterocycles. The first-order chi connectivity index (χ1) is 11.4. The third-order valence-corrected chi connectivity index (χ3v) is 3.59. The van der Waals surface area contributed by atoms with Crippen molar-refractivity contribution >= 4 is 6.29 Å². The van der Waals surface area contributed by atoms with Crippen molar-refractivity contribution in [3.05, 3.63) is 83.5 Å². The normalized spacial score (nSPS) is 9.58. The van der Waals surface area contributed by atoms with Gasteiger partial charge in [-0.3, -0.25) is 4.79 Å². The largest absolute Gasteiger partial charge is 0.507 e. The molecule has 0 saturated heterocycles. The molecule has 0 amide bonds. The van der Waals surface area contributed by atoms with Crippen LogP contribution in [0.3, 0.4) is 0 Å². The number of phenols is 2. The molecule has 2 rings (SSSR count). The van der Waals surface area contributed by atoms with Crippen LogP contribution in [0, 0.1) is 13.8 Å². The van der Waals surface area contributed by atoms with Crippen LogP contribution in [0.1, 0.15) is 32.6 Å². The van der Waals surface area contributed by atoms with E-state index in [4.69, 9.17) is 0 Å². The van der Waals surface area contributed by atoms with Crippen molar-refractivity contribution in [2.75, 3.05) is 0 Å². The molecule has 0 unspecified atom stereocenters. The molecule has 0 aliphatic carbocycles. The molecule has 2 aromatic carbocycles. The number of carbonyl (C=O) groups is 1. The fourth-order valence-electron chi connectivity index (χ4n) is 2.30. The van der Waals surface area contributed by atoms with Gasteiger partial charge in [0.05, 0.1) is 0 Å². The lowest BCUT2D eigenvalue weighted by Crippen LogP contribution is -1.90. The molecule has 24 heavy (non-hydrogen) atoms. The maximum Gasteiger partial charge on any atom is 0.150 e. The molecule has 2 N–H and O–H groups in total. The minimum absolute atomic E-state index is 0.255. The molecule has 0 spiro atoms. The number of carbonyl (C=O) groups excluding carboxylic acids is 1. The zero-order valence-electron chi connectivity index (χ0n) is 14.2. The molecule has 3 nitrogen and oxygen atoms in total. The molecule has 0 fully saturated rings. The highest BCUT2D eigenvalue weighted by Crippen LogP contribution is 2.24. The van der Waals surface area contributed by atoms with E-state index in [2.05, 4.69) is 13.2 Å². The summed E-state index contributed by atoms with van der Waals surface area (Å²) in [5, 5.41) is 19.1. The highest BCUT2D eigenvalue weighted by Gasteiger charge is 2.04. The number of rotatable bonds is 5. The van der Waals surface area contributed by atoms with E-state index in [1.54, 1.807) is 31.2 Å². The molecule has 2 aromatic rings. The van der Waals surface area contributed by atoms with E-state index in [0.29, 0.717) is 17.7 Å². The van der Waals surface area contributed by atoms with E-state index in [0.717, 1.165) is 35.0 Å². The Kier molecular flexibility index (Phi) is 7.50. The number of hydrogen-bond acceptors (Lipinski definition) is 3. The minimum atomic E-state index is 0.255. The van der Waals surface area contributed by atoms with E-state index in [-0.39, 0.29) is 5.75 Å². The average Bonchev–Trinajstić information content (AvgIpc) is 2.57. The van der Waals surface area contributed by atoms with Crippen LogP contribution in [0.15, 0.2) is 55.6 Å². The number of para-hydroxylation sites is 1. The predicted molar refractivity (Wildman–Crippen MR) is 98.9 cm³/mol. The van der Waals surface area contributed by atoms with Gasteiger partial charge in [0.15, 0.2) is 0 Å². The number of aryl methyl sites for hydroxylation is 2. The Morgan fingerprint density at radius 2 is 1.50 bits per heavy atom. The monoisotopic (exact) mass is 324 g/mol. The van der Waals surface area contributed by atoms with Crippen LogP contribution in [0.5, 0.6) is 11.5 Å². The molecule has 0 aromatic heterocycles. The Balaban J connectivity index is 0.000000243. The first kappa shape index (κ1) is 19.2. The molecule has 0 radical (unpaired) electrons. The summed E-state index contributed by atoms with van der Waals surface area (Å²) in [7, 11) is 0. The van der Waals surface area contributed by atoms with E-state index >= 15 is 0 Å². The van der Waals surface area contributed by atoms with E-state index in [1.807, 2.05) is 25.1 Å². The van der Waals surface area contributed by atoms with Crippen molar-refractivity contribution in [3.63, 3.8) is 0 Å². The predicted octanol–water partition coefficient (Wildman–Crippen LogP) is 4.67. The zero-order chi connectivity index (χ0) is 18.1. The highest BCUT2D eigenvalue weighted by atomic mass is 16.3. The number of aldehydes is 1. The van der Waals surface area contributed by atoms with E-state index in [1.165, 1.54) is 0 Å². The van der Waals surface area contributed by atoms with Crippen LogP contribution < -0.4 is 0 Å². The Morgan fingerprint density at radius 1 is 0.917 bits per heavy atom. The number of allylic oxidation sites excluding steroid dienone is 2. The van der Waals surface area contributed by atoms with Gasteiger partial charge in [0.2, 0.25) is 0 Å². The molecule has 0 aliphatic heterocycles. The molecule has 0 saturated carbocycles. The highest BCUT2D eigenvalue weighted by molar-refractivity contribution is 5.76. The van der Waals surface area contributed by atoms with Crippen LogP contribution in [0.25, 0.3) is 0 Å². The lowest BCUT2D eigenvalue weighted by molar-refractivity contribution is 0.112. The van der Waals surface area contributed by atoms with Gasteiger partial charge in [-0.1, -0.05) is 30.4 Å². The Labute approximate surface area is 143 Å². The van der Waals surface area contributed by atoms with E-state index < -0.39 is 0 Å². The third kappa shape index (κ3) is 5.13. The van der Waals surface area contributed by atoms with Gasteiger partial charge in [0.1, 0.15) is 17.8 Å². The summed E-state index contributed by atoms with van der Waals surface area (Å²) in [6.45, 7) is 10.9. The Morgan fingerprint density at radius 3 is 2.08 bits per heavy atom. The van der Waals surface area contributed by atoms with Crippen molar-refractivity contribution in [1.82, 2.24) is 0 Å². The van der Waals surface area contributed by atoms with Crippen molar-refractivity contribution in [2.45, 2.75) is 26.7 Å². The lowest BCUT2D eigenvalue weighted by atomic mass is 10.0. The fraction of sp³-hybridized carbons (Fsp3) is 0.190. The summed E-state index contributed by atoms with van der Waals surface area (Å²) in [6, 6.07) is 9.08. The summed E-state index contributed by atoms with van der Waals surface area (Å²) < 4.78 is 0. The third-order valence-electron chi connectivity index (χ3n) is 3.59. The topological polar surface area (TPSA) is 57.5 Å². The summed E-state index contributed by atoms with van der Waals surface area (Å²) in [5.41, 5.74) is 3.93. The number of aromatic hydroxyl groups is 2. The summed E-state index contributed by atoms with van der Waals surface area (Å²) in [6.07, 6.45) is 5.57. The SMILES string of the molecule is C=CCc1cc(C=O)cc(C)c1O.C=CCc1cccc(C)c1O. The molecule has 0 bridgehead atoms.